The topological polar surface area (TPSA) is 24.9 Å². The Morgan fingerprint density at radius 1 is 1.27 bits per heavy atom. The van der Waals surface area contributed by atoms with E-state index in [0.29, 0.717) is 0 Å². The standard InChI is InChI=1S/C13H16N2/c1-4-14-13-12-10(3)7-9(2)8-11(12)5-6-15-13/h5-8H,4H2,1-3H3,(H,14,15). The van der Waals surface area contributed by atoms with E-state index in [9.17, 15) is 0 Å². The van der Waals surface area contributed by atoms with Gasteiger partial charge in [-0.25, -0.2) is 4.98 Å². The first-order chi connectivity index (χ1) is 7.22. The average Bonchev–Trinajstić information content (AvgIpc) is 2.17. The molecule has 2 nitrogen and oxygen atoms in total. The van der Waals surface area contributed by atoms with Crippen molar-refractivity contribution in [3.8, 4) is 0 Å². The molecule has 15 heavy (non-hydrogen) atoms. The SMILES string of the molecule is CCNc1nccc2cc(C)cc(C)c12. The van der Waals surface area contributed by atoms with Gasteiger partial charge in [0.15, 0.2) is 0 Å². The fourth-order valence-corrected chi connectivity index (χ4v) is 2.01. The number of benzene rings is 1. The lowest BCUT2D eigenvalue weighted by Crippen LogP contribution is -2.00. The first kappa shape index (κ1) is 9.97. The molecule has 0 unspecified atom stereocenters. The molecule has 0 aliphatic carbocycles. The third kappa shape index (κ3) is 1.80. The molecule has 0 fully saturated rings. The minimum atomic E-state index is 0.902. The Morgan fingerprint density at radius 2 is 2.07 bits per heavy atom. The van der Waals surface area contributed by atoms with E-state index in [1.165, 1.54) is 21.9 Å². The fraction of sp³-hybridized carbons (Fsp3) is 0.308. The maximum absolute atomic E-state index is 4.38. The highest BCUT2D eigenvalue weighted by Crippen LogP contribution is 2.25. The molecule has 0 atom stereocenters. The van der Waals surface area contributed by atoms with E-state index in [0.717, 1.165) is 12.4 Å². The quantitative estimate of drug-likeness (QED) is 0.804. The largest absolute Gasteiger partial charge is 0.370 e. The van der Waals surface area contributed by atoms with Crippen molar-refractivity contribution in [2.75, 3.05) is 11.9 Å². The summed E-state index contributed by atoms with van der Waals surface area (Å²) in [5.74, 6) is 0.993. The Bertz CT molecular complexity index is 489. The summed E-state index contributed by atoms with van der Waals surface area (Å²) >= 11 is 0. The van der Waals surface area contributed by atoms with E-state index < -0.39 is 0 Å². The normalized spacial score (nSPS) is 10.6. The second kappa shape index (κ2) is 3.89. The Kier molecular flexibility index (Phi) is 2.58. The van der Waals surface area contributed by atoms with Crippen LogP contribution in [0.5, 0.6) is 0 Å². The summed E-state index contributed by atoms with van der Waals surface area (Å²) < 4.78 is 0. The monoisotopic (exact) mass is 200 g/mol. The van der Waals surface area contributed by atoms with Crippen molar-refractivity contribution < 1.29 is 0 Å². The molecule has 1 aromatic carbocycles. The summed E-state index contributed by atoms with van der Waals surface area (Å²) in [7, 11) is 0. The van der Waals surface area contributed by atoms with Crippen LogP contribution in [-0.2, 0) is 0 Å². The number of aromatic nitrogens is 1. The molecular weight excluding hydrogens is 184 g/mol. The number of anilines is 1. The molecule has 2 rings (SSSR count). The van der Waals surface area contributed by atoms with Crippen molar-refractivity contribution in [2.45, 2.75) is 20.8 Å². The fourth-order valence-electron chi connectivity index (χ4n) is 2.01. The summed E-state index contributed by atoms with van der Waals surface area (Å²) in [6.07, 6.45) is 1.86. The third-order valence-corrected chi connectivity index (χ3v) is 2.55. The molecule has 1 aromatic heterocycles. The van der Waals surface area contributed by atoms with Crippen LogP contribution in [0.4, 0.5) is 5.82 Å². The molecule has 0 amide bonds. The summed E-state index contributed by atoms with van der Waals surface area (Å²) in [6.45, 7) is 7.25. The van der Waals surface area contributed by atoms with Crippen molar-refractivity contribution in [1.29, 1.82) is 0 Å². The van der Waals surface area contributed by atoms with Gasteiger partial charge in [0, 0.05) is 18.1 Å². The van der Waals surface area contributed by atoms with Crippen LogP contribution >= 0.6 is 0 Å². The van der Waals surface area contributed by atoms with E-state index in [4.69, 9.17) is 0 Å². The molecule has 0 bridgehead atoms. The summed E-state index contributed by atoms with van der Waals surface area (Å²) in [5.41, 5.74) is 2.59. The third-order valence-electron chi connectivity index (χ3n) is 2.55. The van der Waals surface area contributed by atoms with Gasteiger partial charge >= 0.3 is 0 Å². The number of rotatable bonds is 2. The van der Waals surface area contributed by atoms with Crippen LogP contribution in [0.25, 0.3) is 10.8 Å². The van der Waals surface area contributed by atoms with Gasteiger partial charge in [0.05, 0.1) is 0 Å². The number of hydrogen-bond donors (Lipinski definition) is 1. The van der Waals surface area contributed by atoms with E-state index in [2.05, 4.69) is 49.3 Å². The van der Waals surface area contributed by atoms with Gasteiger partial charge in [-0.05, 0) is 37.8 Å². The molecule has 0 aliphatic rings. The van der Waals surface area contributed by atoms with Crippen LogP contribution in [0, 0.1) is 13.8 Å². The predicted octanol–water partition coefficient (Wildman–Crippen LogP) is 3.28. The maximum Gasteiger partial charge on any atom is 0.134 e. The molecular formula is C13H16N2. The van der Waals surface area contributed by atoms with Crippen LogP contribution < -0.4 is 5.32 Å². The van der Waals surface area contributed by atoms with Gasteiger partial charge in [0.25, 0.3) is 0 Å². The highest BCUT2D eigenvalue weighted by molar-refractivity contribution is 5.94. The van der Waals surface area contributed by atoms with Crippen LogP contribution in [0.15, 0.2) is 24.4 Å². The van der Waals surface area contributed by atoms with E-state index in [1.54, 1.807) is 0 Å². The van der Waals surface area contributed by atoms with Gasteiger partial charge in [0.2, 0.25) is 0 Å². The minimum absolute atomic E-state index is 0.902. The van der Waals surface area contributed by atoms with E-state index >= 15 is 0 Å². The van der Waals surface area contributed by atoms with Gasteiger partial charge in [-0.2, -0.15) is 0 Å². The number of fused-ring (bicyclic) bond motifs is 1. The molecule has 0 saturated carbocycles. The summed E-state index contributed by atoms with van der Waals surface area (Å²) in [6, 6.07) is 6.46. The first-order valence-corrected chi connectivity index (χ1v) is 5.32. The number of nitrogens with one attached hydrogen (secondary N) is 1. The Labute approximate surface area is 90.3 Å². The Morgan fingerprint density at radius 3 is 2.80 bits per heavy atom. The van der Waals surface area contributed by atoms with Gasteiger partial charge < -0.3 is 5.32 Å². The number of aryl methyl sites for hydroxylation is 2. The zero-order chi connectivity index (χ0) is 10.8. The number of pyridine rings is 1. The number of hydrogen-bond acceptors (Lipinski definition) is 2. The molecule has 2 heteroatoms. The highest BCUT2D eigenvalue weighted by atomic mass is 15.0. The summed E-state index contributed by atoms with van der Waals surface area (Å²) in [5, 5.41) is 5.80. The van der Waals surface area contributed by atoms with Gasteiger partial charge in [0.1, 0.15) is 5.82 Å². The molecule has 1 N–H and O–H groups in total. The van der Waals surface area contributed by atoms with Crippen molar-refractivity contribution in [3.05, 3.63) is 35.5 Å². The molecule has 0 saturated heterocycles. The lowest BCUT2D eigenvalue weighted by atomic mass is 10.0. The lowest BCUT2D eigenvalue weighted by molar-refractivity contribution is 1.17. The molecule has 78 valence electrons. The highest BCUT2D eigenvalue weighted by Gasteiger charge is 2.04. The second-order valence-corrected chi connectivity index (χ2v) is 3.87. The van der Waals surface area contributed by atoms with Crippen molar-refractivity contribution in [2.24, 2.45) is 0 Å². The second-order valence-electron chi connectivity index (χ2n) is 3.87. The van der Waals surface area contributed by atoms with Crippen LogP contribution in [0.3, 0.4) is 0 Å². The lowest BCUT2D eigenvalue weighted by Gasteiger charge is -2.10. The molecule has 0 aliphatic heterocycles. The first-order valence-electron chi connectivity index (χ1n) is 5.32. The van der Waals surface area contributed by atoms with Crippen LogP contribution in [0.2, 0.25) is 0 Å². The predicted molar refractivity (Wildman–Crippen MR) is 65.4 cm³/mol. The minimum Gasteiger partial charge on any atom is -0.370 e. The summed E-state index contributed by atoms with van der Waals surface area (Å²) in [4.78, 5) is 4.38. The van der Waals surface area contributed by atoms with Crippen molar-refractivity contribution >= 4 is 16.6 Å². The smallest absolute Gasteiger partial charge is 0.134 e. The average molecular weight is 200 g/mol. The van der Waals surface area contributed by atoms with Crippen molar-refractivity contribution in [3.63, 3.8) is 0 Å². The van der Waals surface area contributed by atoms with Gasteiger partial charge in [-0.15, -0.1) is 0 Å². The van der Waals surface area contributed by atoms with Crippen molar-refractivity contribution in [1.82, 2.24) is 4.98 Å². The number of nitrogens with zero attached hydrogens (tertiary/aromatic N) is 1. The zero-order valence-corrected chi connectivity index (χ0v) is 9.46. The van der Waals surface area contributed by atoms with E-state index in [1.807, 2.05) is 6.20 Å². The maximum atomic E-state index is 4.38. The molecule has 1 heterocycles. The molecule has 0 spiro atoms. The van der Waals surface area contributed by atoms with Gasteiger partial charge in [-0.1, -0.05) is 17.7 Å². The molecule has 2 aromatic rings. The van der Waals surface area contributed by atoms with Gasteiger partial charge in [-0.3, -0.25) is 0 Å². The van der Waals surface area contributed by atoms with Crippen LogP contribution in [-0.4, -0.2) is 11.5 Å². The zero-order valence-electron chi connectivity index (χ0n) is 9.46. The van der Waals surface area contributed by atoms with Crippen LogP contribution in [0.1, 0.15) is 18.1 Å². The Balaban J connectivity index is 2.73. The van der Waals surface area contributed by atoms with E-state index in [-0.39, 0.29) is 0 Å². The molecule has 0 radical (unpaired) electrons. The Hall–Kier alpha value is -1.57.